The van der Waals surface area contributed by atoms with E-state index in [-0.39, 0.29) is 18.3 Å². The Balaban J connectivity index is 2.79. The summed E-state index contributed by atoms with van der Waals surface area (Å²) in [5, 5.41) is 22.8. The first kappa shape index (κ1) is 15.1. The highest BCUT2D eigenvalue weighted by Gasteiger charge is 2.12. The van der Waals surface area contributed by atoms with E-state index < -0.39 is 4.92 Å². The quantitative estimate of drug-likeness (QED) is 0.438. The number of hydrogen-bond donors (Lipinski definition) is 2. The number of rotatable bonds is 7. The van der Waals surface area contributed by atoms with Crippen molar-refractivity contribution in [2.75, 3.05) is 25.6 Å². The third-order valence-corrected chi connectivity index (χ3v) is 3.26. The van der Waals surface area contributed by atoms with Crippen LogP contribution in [0, 0.1) is 13.7 Å². The normalized spacial score (nSPS) is 12.2. The number of nitrogens with zero attached hydrogens (tertiary/aromatic N) is 1. The molecule has 1 aromatic rings. The molecule has 0 saturated carbocycles. The number of aliphatic hydroxyl groups excluding tert-OH is 1. The lowest BCUT2D eigenvalue weighted by atomic mass is 10.2. The van der Waals surface area contributed by atoms with Crippen molar-refractivity contribution in [3.05, 3.63) is 31.9 Å². The van der Waals surface area contributed by atoms with E-state index in [1.165, 1.54) is 12.1 Å². The van der Waals surface area contributed by atoms with Gasteiger partial charge in [0.15, 0.2) is 0 Å². The van der Waals surface area contributed by atoms with Gasteiger partial charge in [0.1, 0.15) is 0 Å². The van der Waals surface area contributed by atoms with Crippen LogP contribution in [0.3, 0.4) is 0 Å². The molecule has 2 N–H and O–H groups in total. The van der Waals surface area contributed by atoms with E-state index in [0.717, 1.165) is 9.26 Å². The number of nitro benzene ring substituents is 1. The first-order valence-electron chi connectivity index (χ1n) is 5.38. The monoisotopic (exact) mass is 366 g/mol. The number of anilines is 1. The first-order valence-corrected chi connectivity index (χ1v) is 6.46. The van der Waals surface area contributed by atoms with Gasteiger partial charge in [-0.2, -0.15) is 0 Å². The first-order chi connectivity index (χ1) is 8.58. The minimum absolute atomic E-state index is 0.0185. The van der Waals surface area contributed by atoms with Crippen molar-refractivity contribution in [1.29, 1.82) is 0 Å². The van der Waals surface area contributed by atoms with Crippen LogP contribution in [0.25, 0.3) is 0 Å². The Labute approximate surface area is 119 Å². The number of nitrogens with one attached hydrogen (secondary N) is 1. The number of non-ortho nitro benzene ring substituents is 1. The molecule has 0 aliphatic carbocycles. The van der Waals surface area contributed by atoms with E-state index in [1.807, 2.05) is 22.6 Å². The zero-order chi connectivity index (χ0) is 13.5. The fourth-order valence-corrected chi connectivity index (χ4v) is 2.16. The highest BCUT2D eigenvalue weighted by Crippen LogP contribution is 2.24. The minimum atomic E-state index is -0.424. The number of nitro groups is 1. The van der Waals surface area contributed by atoms with Crippen molar-refractivity contribution in [3.8, 4) is 0 Å². The molecule has 0 aliphatic rings. The van der Waals surface area contributed by atoms with Crippen LogP contribution in [0.4, 0.5) is 11.4 Å². The maximum atomic E-state index is 10.6. The molecule has 18 heavy (non-hydrogen) atoms. The fraction of sp³-hybridized carbons (Fsp3) is 0.455. The number of methoxy groups -OCH3 is 1. The Morgan fingerprint density at radius 3 is 2.83 bits per heavy atom. The summed E-state index contributed by atoms with van der Waals surface area (Å²) in [7, 11) is 1.59. The highest BCUT2D eigenvalue weighted by molar-refractivity contribution is 14.1. The third kappa shape index (κ3) is 4.39. The molecule has 0 spiro atoms. The average Bonchev–Trinajstić information content (AvgIpc) is 2.32. The van der Waals surface area contributed by atoms with Gasteiger partial charge in [-0.25, -0.2) is 0 Å². The van der Waals surface area contributed by atoms with E-state index in [2.05, 4.69) is 5.32 Å². The number of halogens is 1. The number of ether oxygens (including phenoxy) is 1. The van der Waals surface area contributed by atoms with Crippen LogP contribution in [0.1, 0.15) is 6.42 Å². The lowest BCUT2D eigenvalue weighted by Crippen LogP contribution is -2.26. The van der Waals surface area contributed by atoms with Crippen LogP contribution < -0.4 is 5.32 Å². The lowest BCUT2D eigenvalue weighted by Gasteiger charge is -2.19. The van der Waals surface area contributed by atoms with Crippen LogP contribution in [0.15, 0.2) is 18.2 Å². The van der Waals surface area contributed by atoms with Gasteiger partial charge in [-0.05, 0) is 35.1 Å². The zero-order valence-corrected chi connectivity index (χ0v) is 12.1. The summed E-state index contributed by atoms with van der Waals surface area (Å²) in [6, 6.07) is 4.61. The van der Waals surface area contributed by atoms with Crippen molar-refractivity contribution in [2.24, 2.45) is 0 Å². The molecular formula is C11H15IN2O4. The summed E-state index contributed by atoms with van der Waals surface area (Å²) >= 11 is 2.04. The van der Waals surface area contributed by atoms with Crippen molar-refractivity contribution < 1.29 is 14.8 Å². The standard InChI is InChI=1S/C11H15IN2O4/c1-18-7-8(4-5-15)13-11-3-2-9(14(16)17)6-10(11)12/h2-3,6,8,13,15H,4-5,7H2,1H3. The lowest BCUT2D eigenvalue weighted by molar-refractivity contribution is -0.384. The molecule has 0 amide bonds. The van der Waals surface area contributed by atoms with Crippen LogP contribution in [0.5, 0.6) is 0 Å². The molecule has 1 aromatic carbocycles. The largest absolute Gasteiger partial charge is 0.396 e. The minimum Gasteiger partial charge on any atom is -0.396 e. The molecule has 0 saturated heterocycles. The van der Waals surface area contributed by atoms with Gasteiger partial charge in [-0.3, -0.25) is 10.1 Å². The van der Waals surface area contributed by atoms with Crippen molar-refractivity contribution >= 4 is 34.0 Å². The van der Waals surface area contributed by atoms with Crippen LogP contribution >= 0.6 is 22.6 Å². The summed E-state index contributed by atoms with van der Waals surface area (Å²) in [6.45, 7) is 0.526. The molecule has 0 fully saturated rings. The Morgan fingerprint density at radius 2 is 2.33 bits per heavy atom. The molecule has 0 bridgehead atoms. The number of hydrogen-bond acceptors (Lipinski definition) is 5. The van der Waals surface area contributed by atoms with E-state index in [9.17, 15) is 10.1 Å². The molecule has 6 nitrogen and oxygen atoms in total. The second kappa shape index (κ2) is 7.49. The summed E-state index contributed by atoms with van der Waals surface area (Å²) < 4.78 is 5.81. The second-order valence-corrected chi connectivity index (χ2v) is 4.89. The van der Waals surface area contributed by atoms with Gasteiger partial charge < -0.3 is 15.2 Å². The molecule has 1 rings (SSSR count). The van der Waals surface area contributed by atoms with E-state index in [1.54, 1.807) is 13.2 Å². The summed E-state index contributed by atoms with van der Waals surface area (Å²) in [4.78, 5) is 10.2. The molecular weight excluding hydrogens is 351 g/mol. The average molecular weight is 366 g/mol. The predicted molar refractivity (Wildman–Crippen MR) is 76.8 cm³/mol. The zero-order valence-electron chi connectivity index (χ0n) is 9.93. The topological polar surface area (TPSA) is 84.6 Å². The number of benzene rings is 1. The highest BCUT2D eigenvalue weighted by atomic mass is 127. The van der Waals surface area contributed by atoms with Crippen LogP contribution in [-0.2, 0) is 4.74 Å². The molecule has 1 unspecified atom stereocenters. The smallest absolute Gasteiger partial charge is 0.270 e. The van der Waals surface area contributed by atoms with Gasteiger partial charge in [0, 0.05) is 35.1 Å². The molecule has 0 aromatic heterocycles. The van der Waals surface area contributed by atoms with E-state index >= 15 is 0 Å². The maximum Gasteiger partial charge on any atom is 0.270 e. The van der Waals surface area contributed by atoms with Crippen molar-refractivity contribution in [2.45, 2.75) is 12.5 Å². The number of aliphatic hydroxyl groups is 1. The van der Waals surface area contributed by atoms with Gasteiger partial charge in [-0.1, -0.05) is 0 Å². The molecule has 100 valence electrons. The third-order valence-electron chi connectivity index (χ3n) is 2.37. The van der Waals surface area contributed by atoms with Gasteiger partial charge in [0.2, 0.25) is 0 Å². The summed E-state index contributed by atoms with van der Waals surface area (Å²) in [6.07, 6.45) is 0.556. The summed E-state index contributed by atoms with van der Waals surface area (Å²) in [5.41, 5.74) is 0.868. The van der Waals surface area contributed by atoms with Gasteiger partial charge in [0.05, 0.1) is 17.6 Å². The van der Waals surface area contributed by atoms with Crippen molar-refractivity contribution in [3.63, 3.8) is 0 Å². The van der Waals surface area contributed by atoms with E-state index in [4.69, 9.17) is 9.84 Å². The Bertz CT molecular complexity index is 408. The fourth-order valence-electron chi connectivity index (χ4n) is 1.51. The van der Waals surface area contributed by atoms with Gasteiger partial charge in [-0.15, -0.1) is 0 Å². The van der Waals surface area contributed by atoms with Crippen molar-refractivity contribution in [1.82, 2.24) is 0 Å². The Kier molecular flexibility index (Phi) is 6.30. The predicted octanol–water partition coefficient (Wildman–Crippen LogP) is 2.01. The SMILES string of the molecule is COCC(CCO)Nc1ccc([N+](=O)[O-])cc1I. The molecule has 7 heteroatoms. The second-order valence-electron chi connectivity index (χ2n) is 3.73. The molecule has 0 heterocycles. The van der Waals surface area contributed by atoms with Gasteiger partial charge >= 0.3 is 0 Å². The molecule has 0 aliphatic heterocycles. The van der Waals surface area contributed by atoms with Crippen LogP contribution in [-0.4, -0.2) is 36.4 Å². The van der Waals surface area contributed by atoms with Crippen LogP contribution in [0.2, 0.25) is 0 Å². The molecule has 0 radical (unpaired) electrons. The molecule has 1 atom stereocenters. The van der Waals surface area contributed by atoms with E-state index in [0.29, 0.717) is 13.0 Å². The van der Waals surface area contributed by atoms with Gasteiger partial charge in [0.25, 0.3) is 5.69 Å². The maximum absolute atomic E-state index is 10.6. The Hall–Kier alpha value is -0.930. The Morgan fingerprint density at radius 1 is 1.61 bits per heavy atom. The summed E-state index contributed by atoms with van der Waals surface area (Å²) in [5.74, 6) is 0.